The lowest BCUT2D eigenvalue weighted by atomic mass is 10.0. The molecule has 2 aromatic carbocycles. The number of esters is 1. The Bertz CT molecular complexity index is 1150. The summed E-state index contributed by atoms with van der Waals surface area (Å²) in [5.41, 5.74) is 3.79. The summed E-state index contributed by atoms with van der Waals surface area (Å²) in [6.45, 7) is 5.89. The highest BCUT2D eigenvalue weighted by molar-refractivity contribution is 5.90. The van der Waals surface area contributed by atoms with Gasteiger partial charge in [0.25, 0.3) is 0 Å². The van der Waals surface area contributed by atoms with Crippen LogP contribution in [0.15, 0.2) is 51.7 Å². The van der Waals surface area contributed by atoms with Gasteiger partial charge in [0.2, 0.25) is 0 Å². The van der Waals surface area contributed by atoms with Gasteiger partial charge in [0.1, 0.15) is 12.2 Å². The first-order valence-corrected chi connectivity index (χ1v) is 9.58. The molecule has 7 heteroatoms. The Balaban J connectivity index is 1.73. The predicted molar refractivity (Wildman–Crippen MR) is 113 cm³/mol. The fraction of sp³-hybridized carbons (Fsp3) is 0.261. The molecule has 0 unspecified atom stereocenters. The number of hydrogen-bond donors (Lipinski definition) is 1. The molecule has 30 heavy (non-hydrogen) atoms. The Morgan fingerprint density at radius 3 is 2.53 bits per heavy atom. The van der Waals surface area contributed by atoms with Gasteiger partial charge in [-0.15, -0.1) is 0 Å². The number of aryl methyl sites for hydroxylation is 2. The summed E-state index contributed by atoms with van der Waals surface area (Å²) in [6.07, 6.45) is -0.454. The smallest absolute Gasteiger partial charge is 0.411 e. The molecule has 1 N–H and O–H groups in total. The fourth-order valence-corrected chi connectivity index (χ4v) is 3.00. The summed E-state index contributed by atoms with van der Waals surface area (Å²) in [6, 6.07) is 12.0. The number of ether oxygens (including phenoxy) is 2. The predicted octanol–water partition coefficient (Wildman–Crippen LogP) is 4.26. The standard InChI is InChI=1S/C23H23NO6/c1-4-28-23(27)24-18-7-8-19-17(11-22(26)30-20(19)12-18)13-29-21(25)10-16-6-5-14(2)15(3)9-16/h5-9,11-12H,4,10,13H2,1-3H3,(H,24,27). The van der Waals surface area contributed by atoms with E-state index in [0.29, 0.717) is 16.6 Å². The molecular formula is C23H23NO6. The van der Waals surface area contributed by atoms with E-state index in [-0.39, 0.29) is 31.2 Å². The van der Waals surface area contributed by atoms with Gasteiger partial charge in [-0.2, -0.15) is 0 Å². The van der Waals surface area contributed by atoms with Gasteiger partial charge in [0.15, 0.2) is 0 Å². The molecule has 7 nitrogen and oxygen atoms in total. The Morgan fingerprint density at radius 2 is 1.80 bits per heavy atom. The SMILES string of the molecule is CCOC(=O)Nc1ccc2c(COC(=O)Cc3ccc(C)c(C)c3)cc(=O)oc2c1. The summed E-state index contributed by atoms with van der Waals surface area (Å²) in [7, 11) is 0. The van der Waals surface area contributed by atoms with Gasteiger partial charge in [0.05, 0.1) is 13.0 Å². The van der Waals surface area contributed by atoms with Crippen molar-refractivity contribution in [1.82, 2.24) is 0 Å². The van der Waals surface area contributed by atoms with E-state index in [9.17, 15) is 14.4 Å². The highest BCUT2D eigenvalue weighted by atomic mass is 16.5. The maximum absolute atomic E-state index is 12.3. The third kappa shape index (κ3) is 5.26. The lowest BCUT2D eigenvalue weighted by Crippen LogP contribution is -2.13. The lowest BCUT2D eigenvalue weighted by Gasteiger charge is -2.10. The second-order valence-corrected chi connectivity index (χ2v) is 6.90. The number of rotatable bonds is 6. The van der Waals surface area contributed by atoms with Crippen molar-refractivity contribution in [2.24, 2.45) is 0 Å². The molecule has 1 amide bonds. The minimum absolute atomic E-state index is 0.0591. The highest BCUT2D eigenvalue weighted by Gasteiger charge is 2.12. The van der Waals surface area contributed by atoms with Crippen molar-refractivity contribution in [1.29, 1.82) is 0 Å². The molecule has 0 aliphatic carbocycles. The highest BCUT2D eigenvalue weighted by Crippen LogP contribution is 2.22. The van der Waals surface area contributed by atoms with Crippen molar-refractivity contribution in [2.75, 3.05) is 11.9 Å². The van der Waals surface area contributed by atoms with Gasteiger partial charge < -0.3 is 13.9 Å². The largest absolute Gasteiger partial charge is 0.461 e. The number of benzene rings is 2. The normalized spacial score (nSPS) is 10.6. The molecule has 0 spiro atoms. The molecule has 3 aromatic rings. The third-order valence-corrected chi connectivity index (χ3v) is 4.66. The van der Waals surface area contributed by atoms with Crippen LogP contribution in [0.1, 0.15) is 29.2 Å². The average molecular weight is 409 g/mol. The van der Waals surface area contributed by atoms with Gasteiger partial charge in [-0.25, -0.2) is 9.59 Å². The van der Waals surface area contributed by atoms with Crippen LogP contribution in [-0.4, -0.2) is 18.7 Å². The van der Waals surface area contributed by atoms with E-state index in [2.05, 4.69) is 5.32 Å². The van der Waals surface area contributed by atoms with Crippen LogP contribution in [0.4, 0.5) is 10.5 Å². The summed E-state index contributed by atoms with van der Waals surface area (Å²) < 4.78 is 15.4. The zero-order chi connectivity index (χ0) is 21.7. The Kier molecular flexibility index (Phi) is 6.51. The van der Waals surface area contributed by atoms with E-state index in [1.54, 1.807) is 19.1 Å². The van der Waals surface area contributed by atoms with Crippen molar-refractivity contribution < 1.29 is 23.5 Å². The number of amides is 1. The maximum Gasteiger partial charge on any atom is 0.411 e. The van der Waals surface area contributed by atoms with Crippen LogP contribution in [0, 0.1) is 13.8 Å². The minimum atomic E-state index is -0.601. The number of nitrogens with one attached hydrogen (secondary N) is 1. The van der Waals surface area contributed by atoms with E-state index in [0.717, 1.165) is 16.7 Å². The van der Waals surface area contributed by atoms with Gasteiger partial charge in [-0.1, -0.05) is 18.2 Å². The van der Waals surface area contributed by atoms with Crippen molar-refractivity contribution in [3.63, 3.8) is 0 Å². The maximum atomic E-state index is 12.3. The average Bonchev–Trinajstić information content (AvgIpc) is 2.68. The summed E-state index contributed by atoms with van der Waals surface area (Å²) in [5.74, 6) is -0.389. The lowest BCUT2D eigenvalue weighted by molar-refractivity contribution is -0.144. The Labute approximate surface area is 173 Å². The van der Waals surface area contributed by atoms with Gasteiger partial charge >= 0.3 is 17.7 Å². The molecule has 0 saturated heterocycles. The molecule has 1 heterocycles. The van der Waals surface area contributed by atoms with Gasteiger partial charge in [0, 0.05) is 28.8 Å². The molecule has 156 valence electrons. The van der Waals surface area contributed by atoms with Crippen molar-refractivity contribution in [3.8, 4) is 0 Å². The van der Waals surface area contributed by atoms with Crippen LogP contribution in [-0.2, 0) is 27.3 Å². The van der Waals surface area contributed by atoms with E-state index in [1.165, 1.54) is 12.1 Å². The Hall–Kier alpha value is -3.61. The Morgan fingerprint density at radius 1 is 1.00 bits per heavy atom. The van der Waals surface area contributed by atoms with E-state index in [1.807, 2.05) is 32.0 Å². The monoisotopic (exact) mass is 409 g/mol. The summed E-state index contributed by atoms with van der Waals surface area (Å²) in [5, 5.41) is 3.17. The van der Waals surface area contributed by atoms with E-state index < -0.39 is 11.7 Å². The van der Waals surface area contributed by atoms with Crippen LogP contribution in [0.3, 0.4) is 0 Å². The number of carbonyl (C=O) groups is 2. The van der Waals surface area contributed by atoms with Gasteiger partial charge in [-0.3, -0.25) is 10.1 Å². The van der Waals surface area contributed by atoms with Crippen LogP contribution in [0.5, 0.6) is 0 Å². The number of fused-ring (bicyclic) bond motifs is 1. The third-order valence-electron chi connectivity index (χ3n) is 4.66. The topological polar surface area (TPSA) is 94.8 Å². The summed E-state index contributed by atoms with van der Waals surface area (Å²) >= 11 is 0. The molecule has 0 saturated carbocycles. The molecule has 0 aliphatic rings. The molecule has 0 radical (unpaired) electrons. The number of anilines is 1. The second kappa shape index (κ2) is 9.26. The first-order valence-electron chi connectivity index (χ1n) is 9.58. The van der Waals surface area contributed by atoms with Crippen molar-refractivity contribution >= 4 is 28.7 Å². The minimum Gasteiger partial charge on any atom is -0.461 e. The molecule has 0 aliphatic heterocycles. The van der Waals surface area contributed by atoms with Gasteiger partial charge in [-0.05, 0) is 49.6 Å². The second-order valence-electron chi connectivity index (χ2n) is 6.90. The molecule has 0 bridgehead atoms. The number of hydrogen-bond acceptors (Lipinski definition) is 6. The van der Waals surface area contributed by atoms with Crippen LogP contribution < -0.4 is 10.9 Å². The quantitative estimate of drug-likeness (QED) is 0.483. The van der Waals surface area contributed by atoms with Crippen molar-refractivity contribution in [3.05, 3.63) is 75.1 Å². The fourth-order valence-electron chi connectivity index (χ4n) is 3.00. The van der Waals surface area contributed by atoms with E-state index >= 15 is 0 Å². The zero-order valence-corrected chi connectivity index (χ0v) is 17.1. The van der Waals surface area contributed by atoms with Crippen LogP contribution in [0.25, 0.3) is 11.0 Å². The van der Waals surface area contributed by atoms with Crippen LogP contribution in [0.2, 0.25) is 0 Å². The first-order chi connectivity index (χ1) is 14.4. The molecule has 0 fully saturated rings. The van der Waals surface area contributed by atoms with E-state index in [4.69, 9.17) is 13.9 Å². The molecular weight excluding hydrogens is 386 g/mol. The van der Waals surface area contributed by atoms with Crippen LogP contribution >= 0.6 is 0 Å². The number of carbonyl (C=O) groups excluding carboxylic acids is 2. The first kappa shape index (κ1) is 21.1. The zero-order valence-electron chi connectivity index (χ0n) is 17.1. The molecule has 0 atom stereocenters. The molecule has 1 aromatic heterocycles. The summed E-state index contributed by atoms with van der Waals surface area (Å²) in [4.78, 5) is 35.7. The molecule has 3 rings (SSSR count). The van der Waals surface area contributed by atoms with Crippen molar-refractivity contribution in [2.45, 2.75) is 33.8 Å².